The molecule has 2 rings (SSSR count). The summed E-state index contributed by atoms with van der Waals surface area (Å²) >= 11 is 0. The molecule has 0 N–H and O–H groups in total. The summed E-state index contributed by atoms with van der Waals surface area (Å²) in [5.41, 5.74) is 0.500. The van der Waals surface area contributed by atoms with E-state index in [2.05, 4.69) is 13.8 Å². The molecule has 0 amide bonds. The van der Waals surface area contributed by atoms with Gasteiger partial charge in [-0.3, -0.25) is 0 Å². The van der Waals surface area contributed by atoms with Crippen LogP contribution in [0.1, 0.15) is 75.6 Å². The average molecular weight is 399 g/mol. The van der Waals surface area contributed by atoms with Crippen molar-refractivity contribution in [1.82, 2.24) is 0 Å². The summed E-state index contributed by atoms with van der Waals surface area (Å²) in [5.74, 6) is 1.68. The standard InChI is InChI=1S/C25H34O4/c1-3-5-7-8-9-10-20-28-22-13-11-21(12-14-22)25(26)29-24-17-15-23(16-18-24)27-19-6-4-2/h11-18H,3-10,19-20H2,1-2H3. The molecule has 158 valence electrons. The Bertz CT molecular complexity index is 692. The third kappa shape index (κ3) is 9.03. The minimum atomic E-state index is -0.382. The van der Waals surface area contributed by atoms with Crippen molar-refractivity contribution in [2.24, 2.45) is 0 Å². The van der Waals surface area contributed by atoms with Gasteiger partial charge in [-0.2, -0.15) is 0 Å². The Hall–Kier alpha value is -2.49. The first-order chi connectivity index (χ1) is 14.2. The molecule has 2 aromatic carbocycles. The number of ether oxygens (including phenoxy) is 3. The van der Waals surface area contributed by atoms with Gasteiger partial charge in [-0.15, -0.1) is 0 Å². The van der Waals surface area contributed by atoms with Gasteiger partial charge in [0.1, 0.15) is 17.2 Å². The highest BCUT2D eigenvalue weighted by atomic mass is 16.5. The van der Waals surface area contributed by atoms with Crippen LogP contribution in [-0.2, 0) is 0 Å². The normalized spacial score (nSPS) is 10.6. The molecule has 0 aromatic heterocycles. The lowest BCUT2D eigenvalue weighted by molar-refractivity contribution is 0.0734. The summed E-state index contributed by atoms with van der Waals surface area (Å²) in [7, 11) is 0. The van der Waals surface area contributed by atoms with Gasteiger partial charge in [0, 0.05) is 0 Å². The monoisotopic (exact) mass is 398 g/mol. The lowest BCUT2D eigenvalue weighted by Crippen LogP contribution is -2.08. The number of esters is 1. The summed E-state index contributed by atoms with van der Waals surface area (Å²) in [6.07, 6.45) is 9.54. The van der Waals surface area contributed by atoms with Crippen molar-refractivity contribution in [3.05, 3.63) is 54.1 Å². The molecule has 0 aliphatic carbocycles. The molecule has 0 saturated carbocycles. The van der Waals surface area contributed by atoms with E-state index in [0.717, 1.165) is 30.8 Å². The van der Waals surface area contributed by atoms with E-state index >= 15 is 0 Å². The van der Waals surface area contributed by atoms with Crippen LogP contribution in [0.3, 0.4) is 0 Å². The predicted molar refractivity (Wildman–Crippen MR) is 117 cm³/mol. The van der Waals surface area contributed by atoms with Crippen molar-refractivity contribution in [3.8, 4) is 17.2 Å². The second kappa shape index (κ2) is 13.6. The summed E-state index contributed by atoms with van der Waals surface area (Å²) < 4.78 is 16.8. The molecular weight excluding hydrogens is 364 g/mol. The van der Waals surface area contributed by atoms with Crippen molar-refractivity contribution in [2.45, 2.75) is 65.2 Å². The first-order valence-corrected chi connectivity index (χ1v) is 10.9. The Morgan fingerprint density at radius 2 is 1.10 bits per heavy atom. The van der Waals surface area contributed by atoms with E-state index in [9.17, 15) is 4.79 Å². The SMILES string of the molecule is CCCCCCCCOc1ccc(C(=O)Oc2ccc(OCCCC)cc2)cc1. The van der Waals surface area contributed by atoms with Gasteiger partial charge in [0.25, 0.3) is 0 Å². The number of rotatable bonds is 14. The molecule has 29 heavy (non-hydrogen) atoms. The molecule has 0 unspecified atom stereocenters. The lowest BCUT2D eigenvalue weighted by atomic mass is 10.1. The molecule has 0 radical (unpaired) electrons. The maximum absolute atomic E-state index is 12.3. The van der Waals surface area contributed by atoms with Crippen molar-refractivity contribution in [2.75, 3.05) is 13.2 Å². The van der Waals surface area contributed by atoms with E-state index < -0.39 is 0 Å². The summed E-state index contributed by atoms with van der Waals surface area (Å²) in [4.78, 5) is 12.3. The number of carbonyl (C=O) groups is 1. The zero-order valence-corrected chi connectivity index (χ0v) is 17.8. The largest absolute Gasteiger partial charge is 0.494 e. The third-order valence-corrected chi connectivity index (χ3v) is 4.66. The number of hydrogen-bond acceptors (Lipinski definition) is 4. The third-order valence-electron chi connectivity index (χ3n) is 4.66. The quantitative estimate of drug-likeness (QED) is 0.199. The fourth-order valence-corrected chi connectivity index (χ4v) is 2.86. The van der Waals surface area contributed by atoms with Gasteiger partial charge >= 0.3 is 5.97 Å². The maximum atomic E-state index is 12.3. The highest BCUT2D eigenvalue weighted by molar-refractivity contribution is 5.91. The highest BCUT2D eigenvalue weighted by Crippen LogP contribution is 2.20. The first kappa shape index (κ1) is 22.8. The topological polar surface area (TPSA) is 44.8 Å². The van der Waals surface area contributed by atoms with Crippen LogP contribution in [0.25, 0.3) is 0 Å². The fraction of sp³-hybridized carbons (Fsp3) is 0.480. The van der Waals surface area contributed by atoms with E-state index in [1.807, 2.05) is 24.3 Å². The van der Waals surface area contributed by atoms with Gasteiger partial charge in [0.2, 0.25) is 0 Å². The predicted octanol–water partition coefficient (Wildman–Crippen LogP) is 6.82. The molecule has 0 saturated heterocycles. The van der Waals surface area contributed by atoms with Crippen LogP contribution in [-0.4, -0.2) is 19.2 Å². The molecule has 0 spiro atoms. The smallest absolute Gasteiger partial charge is 0.343 e. The van der Waals surface area contributed by atoms with E-state index in [4.69, 9.17) is 14.2 Å². The van der Waals surface area contributed by atoms with Crippen LogP contribution in [0.15, 0.2) is 48.5 Å². The molecule has 4 heteroatoms. The highest BCUT2D eigenvalue weighted by Gasteiger charge is 2.09. The minimum Gasteiger partial charge on any atom is -0.494 e. The summed E-state index contributed by atoms with van der Waals surface area (Å²) in [6, 6.07) is 14.2. The van der Waals surface area contributed by atoms with E-state index in [-0.39, 0.29) is 5.97 Å². The average Bonchev–Trinajstić information content (AvgIpc) is 2.75. The fourth-order valence-electron chi connectivity index (χ4n) is 2.86. The van der Waals surface area contributed by atoms with Crippen LogP contribution in [0, 0.1) is 0 Å². The van der Waals surface area contributed by atoms with Crippen molar-refractivity contribution in [1.29, 1.82) is 0 Å². The molecule has 4 nitrogen and oxygen atoms in total. The van der Waals surface area contributed by atoms with Gasteiger partial charge in [-0.1, -0.05) is 52.4 Å². The zero-order valence-electron chi connectivity index (χ0n) is 17.8. The Balaban J connectivity index is 1.72. The molecule has 0 bridgehead atoms. The van der Waals surface area contributed by atoms with E-state index in [0.29, 0.717) is 24.5 Å². The number of unbranched alkanes of at least 4 members (excludes halogenated alkanes) is 6. The van der Waals surface area contributed by atoms with Crippen LogP contribution in [0.5, 0.6) is 17.2 Å². The molecule has 0 fully saturated rings. The van der Waals surface area contributed by atoms with Crippen LogP contribution >= 0.6 is 0 Å². The molecule has 0 aliphatic heterocycles. The zero-order chi connectivity index (χ0) is 20.7. The lowest BCUT2D eigenvalue weighted by Gasteiger charge is -2.09. The van der Waals surface area contributed by atoms with Crippen LogP contribution in [0.2, 0.25) is 0 Å². The molecule has 0 aliphatic rings. The Morgan fingerprint density at radius 3 is 1.72 bits per heavy atom. The molecular formula is C25H34O4. The summed E-state index contributed by atoms with van der Waals surface area (Å²) in [6.45, 7) is 5.76. The molecule has 2 aromatic rings. The van der Waals surface area contributed by atoms with E-state index in [1.54, 1.807) is 24.3 Å². The Morgan fingerprint density at radius 1 is 0.621 bits per heavy atom. The van der Waals surface area contributed by atoms with Gasteiger partial charge in [0.15, 0.2) is 0 Å². The Kier molecular flexibility index (Phi) is 10.7. The Labute approximate surface area is 175 Å². The maximum Gasteiger partial charge on any atom is 0.343 e. The van der Waals surface area contributed by atoms with Crippen molar-refractivity contribution in [3.63, 3.8) is 0 Å². The minimum absolute atomic E-state index is 0.382. The van der Waals surface area contributed by atoms with Crippen molar-refractivity contribution < 1.29 is 19.0 Å². The van der Waals surface area contributed by atoms with Gasteiger partial charge in [-0.25, -0.2) is 4.79 Å². The number of benzene rings is 2. The van der Waals surface area contributed by atoms with Crippen LogP contribution in [0.4, 0.5) is 0 Å². The van der Waals surface area contributed by atoms with Crippen molar-refractivity contribution >= 4 is 5.97 Å². The second-order valence-electron chi connectivity index (χ2n) is 7.20. The second-order valence-corrected chi connectivity index (χ2v) is 7.20. The van der Waals surface area contributed by atoms with Gasteiger partial charge in [0.05, 0.1) is 18.8 Å². The van der Waals surface area contributed by atoms with Crippen LogP contribution < -0.4 is 14.2 Å². The van der Waals surface area contributed by atoms with Gasteiger partial charge in [-0.05, 0) is 61.4 Å². The van der Waals surface area contributed by atoms with Gasteiger partial charge < -0.3 is 14.2 Å². The number of carbonyl (C=O) groups excluding carboxylic acids is 1. The first-order valence-electron chi connectivity index (χ1n) is 10.9. The summed E-state index contributed by atoms with van der Waals surface area (Å²) in [5, 5.41) is 0. The molecule has 0 atom stereocenters. The number of hydrogen-bond donors (Lipinski definition) is 0. The molecule has 0 heterocycles. The van der Waals surface area contributed by atoms with E-state index in [1.165, 1.54) is 32.1 Å².